The highest BCUT2D eigenvalue weighted by Crippen LogP contribution is 2.42. The third-order valence-electron chi connectivity index (χ3n) is 5.48. The standard InChI is InChI=1S/C26H18N6O2S/c1-14-7-9-16(10-8-14)22(33)23-21(30)19(13-29)26(35-23)32-25-18(12-28)20(15-5-3-2-4-6-15)17(11-27)24(31)34-25/h2-10,20,32H,30-31H2,1H3. The fraction of sp³-hybridized carbons (Fsp3) is 0.0769. The van der Waals surface area contributed by atoms with Crippen LogP contribution in [0.3, 0.4) is 0 Å². The second kappa shape index (κ2) is 9.44. The molecule has 8 nitrogen and oxygen atoms in total. The van der Waals surface area contributed by atoms with Crippen molar-refractivity contribution in [2.75, 3.05) is 11.1 Å². The van der Waals surface area contributed by atoms with E-state index in [9.17, 15) is 20.6 Å². The van der Waals surface area contributed by atoms with E-state index in [4.69, 9.17) is 16.2 Å². The van der Waals surface area contributed by atoms with Gasteiger partial charge < -0.3 is 21.5 Å². The first-order chi connectivity index (χ1) is 16.9. The van der Waals surface area contributed by atoms with Crippen molar-refractivity contribution in [2.45, 2.75) is 12.8 Å². The van der Waals surface area contributed by atoms with E-state index in [1.54, 1.807) is 36.4 Å². The quantitative estimate of drug-likeness (QED) is 0.455. The van der Waals surface area contributed by atoms with Gasteiger partial charge in [0.05, 0.1) is 11.6 Å². The lowest BCUT2D eigenvalue weighted by Gasteiger charge is -2.26. The predicted molar refractivity (Wildman–Crippen MR) is 131 cm³/mol. The number of nitrogens with two attached hydrogens (primary N) is 2. The highest BCUT2D eigenvalue weighted by atomic mass is 32.1. The Kier molecular flexibility index (Phi) is 6.24. The molecule has 1 atom stereocenters. The van der Waals surface area contributed by atoms with Crippen molar-refractivity contribution in [3.8, 4) is 18.2 Å². The van der Waals surface area contributed by atoms with E-state index in [2.05, 4.69) is 11.4 Å². The molecule has 0 fully saturated rings. The average Bonchev–Trinajstić information content (AvgIpc) is 3.18. The number of benzene rings is 2. The van der Waals surface area contributed by atoms with Gasteiger partial charge in [-0.2, -0.15) is 15.8 Å². The van der Waals surface area contributed by atoms with Gasteiger partial charge in [0.15, 0.2) is 0 Å². The Morgan fingerprint density at radius 3 is 2.23 bits per heavy atom. The van der Waals surface area contributed by atoms with E-state index in [-0.39, 0.29) is 49.8 Å². The summed E-state index contributed by atoms with van der Waals surface area (Å²) in [5.41, 5.74) is 14.6. The summed E-state index contributed by atoms with van der Waals surface area (Å²) >= 11 is 0.975. The van der Waals surface area contributed by atoms with Gasteiger partial charge in [-0.3, -0.25) is 4.79 Å². The normalized spacial score (nSPS) is 15.0. The molecule has 1 aliphatic rings. The molecule has 1 unspecified atom stereocenters. The van der Waals surface area contributed by atoms with E-state index in [0.29, 0.717) is 11.1 Å². The van der Waals surface area contributed by atoms with Crippen LogP contribution in [-0.2, 0) is 4.74 Å². The van der Waals surface area contributed by atoms with Crippen LogP contribution in [0.2, 0.25) is 0 Å². The van der Waals surface area contributed by atoms with E-state index in [1.165, 1.54) is 0 Å². The van der Waals surface area contributed by atoms with Crippen LogP contribution >= 0.6 is 11.3 Å². The molecule has 2 aromatic carbocycles. The van der Waals surface area contributed by atoms with Gasteiger partial charge in [-0.1, -0.05) is 60.2 Å². The number of carbonyl (C=O) groups excluding carboxylic acids is 1. The molecule has 0 aliphatic carbocycles. The first-order valence-corrected chi connectivity index (χ1v) is 11.2. The maximum Gasteiger partial charge on any atom is 0.215 e. The van der Waals surface area contributed by atoms with E-state index < -0.39 is 5.92 Å². The van der Waals surface area contributed by atoms with Crippen LogP contribution in [0.1, 0.15) is 37.8 Å². The Morgan fingerprint density at radius 2 is 1.63 bits per heavy atom. The third-order valence-corrected chi connectivity index (χ3v) is 6.60. The summed E-state index contributed by atoms with van der Waals surface area (Å²) in [5.74, 6) is -1.30. The molecular weight excluding hydrogens is 460 g/mol. The van der Waals surface area contributed by atoms with Crippen molar-refractivity contribution >= 4 is 27.8 Å². The Bertz CT molecular complexity index is 1510. The lowest BCUT2D eigenvalue weighted by Crippen LogP contribution is -2.23. The number of aryl methyl sites for hydroxylation is 1. The monoisotopic (exact) mass is 478 g/mol. The number of nitriles is 3. The van der Waals surface area contributed by atoms with Crippen LogP contribution in [0.15, 0.2) is 77.5 Å². The summed E-state index contributed by atoms with van der Waals surface area (Å²) in [4.78, 5) is 13.3. The molecule has 0 amide bonds. The maximum atomic E-state index is 13.1. The molecule has 1 aliphatic heterocycles. The molecule has 9 heteroatoms. The smallest absolute Gasteiger partial charge is 0.215 e. The Morgan fingerprint density at radius 1 is 0.971 bits per heavy atom. The van der Waals surface area contributed by atoms with E-state index >= 15 is 0 Å². The Labute approximate surface area is 205 Å². The molecule has 0 radical (unpaired) electrons. The number of hydrogen-bond donors (Lipinski definition) is 3. The second-order valence-electron chi connectivity index (χ2n) is 7.67. The van der Waals surface area contributed by atoms with Crippen LogP contribution in [0.5, 0.6) is 0 Å². The molecule has 170 valence electrons. The fourth-order valence-corrected chi connectivity index (χ4v) is 4.72. The average molecular weight is 479 g/mol. The number of anilines is 2. The Balaban J connectivity index is 1.79. The van der Waals surface area contributed by atoms with Gasteiger partial charge >= 0.3 is 0 Å². The number of carbonyl (C=O) groups is 1. The highest BCUT2D eigenvalue weighted by Gasteiger charge is 2.34. The van der Waals surface area contributed by atoms with Crippen LogP contribution in [-0.4, -0.2) is 5.78 Å². The maximum absolute atomic E-state index is 13.1. The molecule has 1 aromatic heterocycles. The number of ether oxygens (including phenoxy) is 1. The largest absolute Gasteiger partial charge is 0.423 e. The van der Waals surface area contributed by atoms with Crippen LogP contribution in [0.25, 0.3) is 0 Å². The zero-order valence-corrected chi connectivity index (χ0v) is 19.3. The number of nitrogens with one attached hydrogen (secondary N) is 1. The minimum Gasteiger partial charge on any atom is -0.423 e. The SMILES string of the molecule is Cc1ccc(C(=O)c2sc(NC3=C(C#N)C(c4ccccc4)C(C#N)=C(N)O3)c(C#N)c2N)cc1. The minimum absolute atomic E-state index is 0.0290. The Hall–Kier alpha value is -5.04. The van der Waals surface area contributed by atoms with Crippen molar-refractivity contribution in [3.63, 3.8) is 0 Å². The predicted octanol–water partition coefficient (Wildman–Crippen LogP) is 4.40. The van der Waals surface area contributed by atoms with Crippen molar-refractivity contribution in [1.82, 2.24) is 0 Å². The minimum atomic E-state index is -0.765. The molecule has 3 aromatic rings. The van der Waals surface area contributed by atoms with Gasteiger partial charge in [0.1, 0.15) is 44.8 Å². The summed E-state index contributed by atoms with van der Waals surface area (Å²) < 4.78 is 5.61. The highest BCUT2D eigenvalue weighted by molar-refractivity contribution is 7.19. The lowest BCUT2D eigenvalue weighted by atomic mass is 9.84. The van der Waals surface area contributed by atoms with Crippen molar-refractivity contribution in [2.24, 2.45) is 5.73 Å². The third kappa shape index (κ3) is 4.18. The topological polar surface area (TPSA) is 162 Å². The number of nitrogens with zero attached hydrogens (tertiary/aromatic N) is 3. The van der Waals surface area contributed by atoms with Gasteiger partial charge in [-0.25, -0.2) is 0 Å². The lowest BCUT2D eigenvalue weighted by molar-refractivity contribution is 0.104. The van der Waals surface area contributed by atoms with Gasteiger partial charge in [0, 0.05) is 5.56 Å². The fourth-order valence-electron chi connectivity index (χ4n) is 3.69. The summed E-state index contributed by atoms with van der Waals surface area (Å²) in [6.07, 6.45) is 0. The van der Waals surface area contributed by atoms with E-state index in [1.807, 2.05) is 37.3 Å². The van der Waals surface area contributed by atoms with Gasteiger partial charge in [0.25, 0.3) is 0 Å². The molecule has 0 saturated carbocycles. The number of nitrogen functional groups attached to an aromatic ring is 1. The molecule has 0 bridgehead atoms. The number of thiophene rings is 1. The van der Waals surface area contributed by atoms with Gasteiger partial charge in [0.2, 0.25) is 17.5 Å². The molecule has 5 N–H and O–H groups in total. The number of rotatable bonds is 5. The van der Waals surface area contributed by atoms with Gasteiger partial charge in [-0.15, -0.1) is 11.3 Å². The molecule has 35 heavy (non-hydrogen) atoms. The second-order valence-corrected chi connectivity index (χ2v) is 8.69. The number of allylic oxidation sites excluding steroid dienone is 2. The molecular formula is C26H18N6O2S. The molecule has 0 saturated heterocycles. The summed E-state index contributed by atoms with van der Waals surface area (Å²) in [6, 6.07) is 22.1. The molecule has 2 heterocycles. The first kappa shape index (κ1) is 23.1. The van der Waals surface area contributed by atoms with Crippen LogP contribution in [0.4, 0.5) is 10.7 Å². The van der Waals surface area contributed by atoms with Crippen molar-refractivity contribution in [1.29, 1.82) is 15.8 Å². The van der Waals surface area contributed by atoms with Crippen LogP contribution in [0, 0.1) is 40.9 Å². The van der Waals surface area contributed by atoms with E-state index in [0.717, 1.165) is 16.9 Å². The zero-order valence-electron chi connectivity index (χ0n) is 18.5. The summed E-state index contributed by atoms with van der Waals surface area (Å²) in [5, 5.41) is 32.5. The molecule has 0 spiro atoms. The van der Waals surface area contributed by atoms with Gasteiger partial charge in [-0.05, 0) is 12.5 Å². The number of hydrogen-bond acceptors (Lipinski definition) is 9. The first-order valence-electron chi connectivity index (χ1n) is 10.4. The summed E-state index contributed by atoms with van der Waals surface area (Å²) in [6.45, 7) is 1.91. The van der Waals surface area contributed by atoms with Crippen LogP contribution < -0.4 is 16.8 Å². The zero-order chi connectivity index (χ0) is 25.1. The summed E-state index contributed by atoms with van der Waals surface area (Å²) in [7, 11) is 0. The van der Waals surface area contributed by atoms with Crippen molar-refractivity contribution in [3.05, 3.63) is 105 Å². The number of ketones is 1. The molecule has 4 rings (SSSR count). The van der Waals surface area contributed by atoms with Crippen molar-refractivity contribution < 1.29 is 9.53 Å².